The molecule has 1 heterocycles. The van der Waals surface area contributed by atoms with Gasteiger partial charge in [0.05, 0.1) is 4.90 Å². The zero-order valence-electron chi connectivity index (χ0n) is 12.7. The monoisotopic (exact) mass is 340 g/mol. The van der Waals surface area contributed by atoms with Gasteiger partial charge in [0.25, 0.3) is 0 Å². The lowest BCUT2D eigenvalue weighted by molar-refractivity contribution is -0.141. The summed E-state index contributed by atoms with van der Waals surface area (Å²) in [7, 11) is -4.09. The third-order valence-electron chi connectivity index (χ3n) is 3.64. The highest BCUT2D eigenvalue weighted by Crippen LogP contribution is 2.28. The number of likely N-dealkylation sites (N-methyl/N-ethyl adjacent to an activating group) is 1. The Labute approximate surface area is 133 Å². The van der Waals surface area contributed by atoms with Gasteiger partial charge in [-0.05, 0) is 24.6 Å². The largest absolute Gasteiger partial charge is 0.480 e. The standard InChI is InChI=1S/C15H17FN2O4S/c1-3-13(15(19)20)18(4-2)23(21,22)14-6-5-12(16)11-9-17-8-7-10(11)14/h5-9,13H,3-4H2,1-2H3,(H,19,20). The molecule has 1 N–H and O–H groups in total. The van der Waals surface area contributed by atoms with Gasteiger partial charge in [0, 0.05) is 29.7 Å². The second kappa shape index (κ2) is 6.59. The van der Waals surface area contributed by atoms with Gasteiger partial charge in [0.2, 0.25) is 10.0 Å². The van der Waals surface area contributed by atoms with Crippen molar-refractivity contribution in [3.8, 4) is 0 Å². The highest BCUT2D eigenvalue weighted by molar-refractivity contribution is 7.89. The van der Waals surface area contributed by atoms with Crippen LogP contribution in [0.4, 0.5) is 4.39 Å². The summed E-state index contributed by atoms with van der Waals surface area (Å²) in [5.74, 6) is -1.80. The van der Waals surface area contributed by atoms with Crippen LogP contribution in [0.5, 0.6) is 0 Å². The van der Waals surface area contributed by atoms with Crippen molar-refractivity contribution in [1.29, 1.82) is 0 Å². The zero-order chi connectivity index (χ0) is 17.2. The summed E-state index contributed by atoms with van der Waals surface area (Å²) in [5.41, 5.74) is 0. The van der Waals surface area contributed by atoms with E-state index in [2.05, 4.69) is 4.98 Å². The van der Waals surface area contributed by atoms with Crippen molar-refractivity contribution in [3.63, 3.8) is 0 Å². The maximum Gasteiger partial charge on any atom is 0.322 e. The number of aromatic nitrogens is 1. The first-order chi connectivity index (χ1) is 10.8. The van der Waals surface area contributed by atoms with Crippen LogP contribution in [0, 0.1) is 5.82 Å². The van der Waals surface area contributed by atoms with Gasteiger partial charge in [-0.3, -0.25) is 9.78 Å². The minimum Gasteiger partial charge on any atom is -0.480 e. The second-order valence-electron chi connectivity index (χ2n) is 4.94. The van der Waals surface area contributed by atoms with Gasteiger partial charge in [-0.15, -0.1) is 0 Å². The Morgan fingerprint density at radius 1 is 1.30 bits per heavy atom. The molecule has 0 saturated carbocycles. The van der Waals surface area contributed by atoms with Crippen molar-refractivity contribution in [3.05, 3.63) is 36.4 Å². The quantitative estimate of drug-likeness (QED) is 0.871. The summed E-state index contributed by atoms with van der Waals surface area (Å²) >= 11 is 0. The van der Waals surface area contributed by atoms with Gasteiger partial charge in [-0.2, -0.15) is 4.31 Å². The van der Waals surface area contributed by atoms with Crippen molar-refractivity contribution in [2.75, 3.05) is 6.54 Å². The van der Waals surface area contributed by atoms with Crippen LogP contribution >= 0.6 is 0 Å². The molecule has 124 valence electrons. The van der Waals surface area contributed by atoms with Crippen LogP contribution < -0.4 is 0 Å². The van der Waals surface area contributed by atoms with Gasteiger partial charge >= 0.3 is 5.97 Å². The Morgan fingerprint density at radius 2 is 2.00 bits per heavy atom. The lowest BCUT2D eigenvalue weighted by Crippen LogP contribution is -2.44. The lowest BCUT2D eigenvalue weighted by atomic mass is 10.2. The van der Waals surface area contributed by atoms with Crippen LogP contribution in [0.2, 0.25) is 0 Å². The number of carbonyl (C=O) groups is 1. The average Bonchev–Trinajstić information content (AvgIpc) is 2.52. The van der Waals surface area contributed by atoms with Crippen LogP contribution in [0.15, 0.2) is 35.5 Å². The SMILES string of the molecule is CCC(C(=O)O)N(CC)S(=O)(=O)c1ccc(F)c2cnccc12. The Kier molecular flexibility index (Phi) is 4.96. The van der Waals surface area contributed by atoms with E-state index < -0.39 is 27.9 Å². The molecule has 0 fully saturated rings. The molecule has 0 aliphatic heterocycles. The Hall–Kier alpha value is -2.06. The van der Waals surface area contributed by atoms with Gasteiger partial charge < -0.3 is 5.11 Å². The molecule has 2 aromatic rings. The summed E-state index contributed by atoms with van der Waals surface area (Å²) in [6.07, 6.45) is 2.74. The van der Waals surface area contributed by atoms with Gasteiger partial charge in [-0.1, -0.05) is 13.8 Å². The third-order valence-corrected chi connectivity index (χ3v) is 5.68. The number of rotatable bonds is 6. The fraction of sp³-hybridized carbons (Fsp3) is 0.333. The number of nitrogens with zero attached hydrogens (tertiary/aromatic N) is 2. The number of carboxylic acids is 1. The first-order valence-electron chi connectivity index (χ1n) is 7.11. The summed E-state index contributed by atoms with van der Waals surface area (Å²) in [4.78, 5) is 15.0. The lowest BCUT2D eigenvalue weighted by Gasteiger charge is -2.26. The molecule has 1 atom stereocenters. The van der Waals surface area contributed by atoms with Gasteiger partial charge in [0.15, 0.2) is 0 Å². The summed E-state index contributed by atoms with van der Waals surface area (Å²) in [5, 5.41) is 9.52. The minimum absolute atomic E-state index is 0.00288. The second-order valence-corrected chi connectivity index (χ2v) is 6.80. The molecular weight excluding hydrogens is 323 g/mol. The van der Waals surface area contributed by atoms with Crippen molar-refractivity contribution in [1.82, 2.24) is 9.29 Å². The molecular formula is C15H17FN2O4S. The number of benzene rings is 1. The minimum atomic E-state index is -4.09. The summed E-state index contributed by atoms with van der Waals surface area (Å²) < 4.78 is 40.6. The highest BCUT2D eigenvalue weighted by Gasteiger charge is 2.34. The number of pyridine rings is 1. The summed E-state index contributed by atoms with van der Waals surface area (Å²) in [6, 6.07) is 2.43. The van der Waals surface area contributed by atoms with E-state index in [1.165, 1.54) is 18.5 Å². The Bertz CT molecular complexity index is 838. The highest BCUT2D eigenvalue weighted by atomic mass is 32.2. The van der Waals surface area contributed by atoms with Crippen molar-refractivity contribution in [2.45, 2.75) is 31.2 Å². The number of hydrogen-bond donors (Lipinski definition) is 1. The fourth-order valence-electron chi connectivity index (χ4n) is 2.54. The topological polar surface area (TPSA) is 87.6 Å². The molecule has 6 nitrogen and oxygen atoms in total. The fourth-order valence-corrected chi connectivity index (χ4v) is 4.40. The number of hydrogen-bond acceptors (Lipinski definition) is 4. The number of sulfonamides is 1. The van der Waals surface area contributed by atoms with E-state index >= 15 is 0 Å². The Balaban J connectivity index is 2.68. The molecule has 1 aromatic heterocycles. The average molecular weight is 340 g/mol. The smallest absolute Gasteiger partial charge is 0.322 e. The van der Waals surface area contributed by atoms with E-state index in [9.17, 15) is 22.7 Å². The molecule has 1 unspecified atom stereocenters. The zero-order valence-corrected chi connectivity index (χ0v) is 13.5. The molecule has 2 rings (SSSR count). The van der Waals surface area contributed by atoms with Gasteiger partial charge in [-0.25, -0.2) is 12.8 Å². The van der Waals surface area contributed by atoms with E-state index in [4.69, 9.17) is 0 Å². The maximum atomic E-state index is 13.8. The van der Waals surface area contributed by atoms with E-state index in [0.717, 1.165) is 16.4 Å². The van der Waals surface area contributed by atoms with E-state index in [1.54, 1.807) is 13.8 Å². The van der Waals surface area contributed by atoms with E-state index in [0.29, 0.717) is 0 Å². The molecule has 0 radical (unpaired) electrons. The number of aliphatic carboxylic acids is 1. The number of fused-ring (bicyclic) bond motifs is 1. The van der Waals surface area contributed by atoms with Gasteiger partial charge in [0.1, 0.15) is 11.9 Å². The molecule has 0 saturated heterocycles. The van der Waals surface area contributed by atoms with Crippen LogP contribution in [0.3, 0.4) is 0 Å². The van der Waals surface area contributed by atoms with Crippen molar-refractivity contribution < 1.29 is 22.7 Å². The van der Waals surface area contributed by atoms with Crippen LogP contribution in [0.1, 0.15) is 20.3 Å². The predicted octanol–water partition coefficient (Wildman–Crippen LogP) is 2.25. The Morgan fingerprint density at radius 3 is 2.57 bits per heavy atom. The molecule has 8 heteroatoms. The number of halogens is 1. The normalized spacial score (nSPS) is 13.4. The molecule has 0 aliphatic rings. The molecule has 0 bridgehead atoms. The van der Waals surface area contributed by atoms with Crippen LogP contribution in [0.25, 0.3) is 10.8 Å². The first kappa shape index (κ1) is 17.3. The van der Waals surface area contributed by atoms with Crippen molar-refractivity contribution >= 4 is 26.8 Å². The molecule has 23 heavy (non-hydrogen) atoms. The first-order valence-corrected chi connectivity index (χ1v) is 8.55. The maximum absolute atomic E-state index is 13.8. The number of carboxylic acid groups (broad SMARTS) is 1. The molecule has 0 amide bonds. The molecule has 0 aliphatic carbocycles. The van der Waals surface area contributed by atoms with E-state index in [1.807, 2.05) is 0 Å². The molecule has 0 spiro atoms. The van der Waals surface area contributed by atoms with Crippen LogP contribution in [-0.2, 0) is 14.8 Å². The third kappa shape index (κ3) is 3.04. The molecule has 1 aromatic carbocycles. The van der Waals surface area contributed by atoms with E-state index in [-0.39, 0.29) is 28.6 Å². The van der Waals surface area contributed by atoms with Crippen LogP contribution in [-0.4, -0.2) is 41.4 Å². The summed E-state index contributed by atoms with van der Waals surface area (Å²) in [6.45, 7) is 3.16. The predicted molar refractivity (Wildman–Crippen MR) is 83.0 cm³/mol. The van der Waals surface area contributed by atoms with Crippen molar-refractivity contribution in [2.24, 2.45) is 0 Å².